The predicted octanol–water partition coefficient (Wildman–Crippen LogP) is 2.26. The summed E-state index contributed by atoms with van der Waals surface area (Å²) in [5.41, 5.74) is 2.32. The monoisotopic (exact) mass is 287 g/mol. The van der Waals surface area contributed by atoms with Crippen LogP contribution in [0, 0.1) is 6.92 Å². The Labute approximate surface area is 127 Å². The molecule has 5 heteroatoms. The van der Waals surface area contributed by atoms with Gasteiger partial charge >= 0.3 is 0 Å². The Kier molecular flexibility index (Phi) is 4.96. The van der Waals surface area contributed by atoms with E-state index in [9.17, 15) is 0 Å². The van der Waals surface area contributed by atoms with Gasteiger partial charge in [0, 0.05) is 44.8 Å². The van der Waals surface area contributed by atoms with Crippen molar-refractivity contribution in [3.8, 4) is 0 Å². The van der Waals surface area contributed by atoms with Crippen LogP contribution in [0.1, 0.15) is 30.9 Å². The van der Waals surface area contributed by atoms with Gasteiger partial charge in [0.05, 0.1) is 6.54 Å². The summed E-state index contributed by atoms with van der Waals surface area (Å²) < 4.78 is 2.03. The number of pyridine rings is 1. The topological polar surface area (TPSA) is 46.0 Å². The second-order valence-corrected chi connectivity index (χ2v) is 5.76. The summed E-state index contributed by atoms with van der Waals surface area (Å²) in [4.78, 5) is 11.2. The molecule has 0 saturated heterocycles. The number of rotatable bonds is 6. The second kappa shape index (κ2) is 6.72. The van der Waals surface area contributed by atoms with Gasteiger partial charge in [-0.1, -0.05) is 19.9 Å². The van der Waals surface area contributed by atoms with E-state index in [0.717, 1.165) is 30.4 Å². The van der Waals surface area contributed by atoms with Crippen molar-refractivity contribution in [3.05, 3.63) is 41.6 Å². The minimum absolute atomic E-state index is 0.482. The maximum Gasteiger partial charge on any atom is 0.128 e. The third kappa shape index (κ3) is 4.04. The zero-order valence-electron chi connectivity index (χ0n) is 13.6. The average Bonchev–Trinajstić information content (AvgIpc) is 2.82. The molecule has 0 aliphatic heterocycles. The van der Waals surface area contributed by atoms with Crippen LogP contribution in [0.5, 0.6) is 0 Å². The Balaban J connectivity index is 2.06. The molecule has 0 saturated carbocycles. The molecule has 0 aliphatic rings. The zero-order valence-corrected chi connectivity index (χ0v) is 13.6. The molecule has 0 unspecified atom stereocenters. The molecule has 21 heavy (non-hydrogen) atoms. The molecule has 2 heterocycles. The maximum atomic E-state index is 4.71. The summed E-state index contributed by atoms with van der Waals surface area (Å²) in [6, 6.07) is 4.71. The molecule has 1 N–H and O–H groups in total. The van der Waals surface area contributed by atoms with Gasteiger partial charge in [0.1, 0.15) is 11.6 Å². The van der Waals surface area contributed by atoms with E-state index in [1.165, 1.54) is 5.56 Å². The first-order valence-electron chi connectivity index (χ1n) is 7.34. The number of hydrogen-bond donors (Lipinski definition) is 1. The summed E-state index contributed by atoms with van der Waals surface area (Å²) in [6.07, 6.45) is 3.78. The van der Waals surface area contributed by atoms with Gasteiger partial charge in [-0.3, -0.25) is 0 Å². The van der Waals surface area contributed by atoms with Crippen molar-refractivity contribution in [1.29, 1.82) is 0 Å². The lowest BCUT2D eigenvalue weighted by atomic mass is 10.2. The molecule has 0 radical (unpaired) electrons. The van der Waals surface area contributed by atoms with Crippen molar-refractivity contribution < 1.29 is 0 Å². The van der Waals surface area contributed by atoms with Gasteiger partial charge < -0.3 is 14.8 Å². The average molecular weight is 287 g/mol. The largest absolute Gasteiger partial charge is 0.352 e. The molecule has 2 aromatic heterocycles. The van der Waals surface area contributed by atoms with Crippen LogP contribution in [0.4, 0.5) is 5.82 Å². The van der Waals surface area contributed by atoms with Crippen LogP contribution in [0.2, 0.25) is 0 Å². The first kappa shape index (κ1) is 15.5. The van der Waals surface area contributed by atoms with Crippen LogP contribution in [-0.2, 0) is 20.1 Å². The molecule has 0 aromatic carbocycles. The normalized spacial score (nSPS) is 11.1. The molecular formula is C16H25N5. The quantitative estimate of drug-likeness (QED) is 0.885. The fraction of sp³-hybridized carbons (Fsp3) is 0.500. The molecule has 0 fully saturated rings. The fourth-order valence-corrected chi connectivity index (χ4v) is 2.13. The minimum Gasteiger partial charge on any atom is -0.352 e. The third-order valence-electron chi connectivity index (χ3n) is 3.57. The van der Waals surface area contributed by atoms with Crippen molar-refractivity contribution >= 4 is 5.82 Å². The standard InChI is InChI=1S/C16H25N5/c1-12(2)18-10-14-6-7-15(19-13(14)3)21(5)11-16-17-8-9-20(16)4/h6-9,12,18H,10-11H2,1-5H3. The van der Waals surface area contributed by atoms with Crippen LogP contribution in [0.3, 0.4) is 0 Å². The van der Waals surface area contributed by atoms with Crippen molar-refractivity contribution in [1.82, 2.24) is 19.9 Å². The lowest BCUT2D eigenvalue weighted by Crippen LogP contribution is -2.23. The number of nitrogens with one attached hydrogen (secondary N) is 1. The highest BCUT2D eigenvalue weighted by atomic mass is 15.2. The Hall–Kier alpha value is -1.88. The summed E-state index contributed by atoms with van der Waals surface area (Å²) in [6.45, 7) is 7.98. The van der Waals surface area contributed by atoms with E-state index in [1.807, 2.05) is 31.1 Å². The Morgan fingerprint density at radius 1 is 1.33 bits per heavy atom. The number of aryl methyl sites for hydroxylation is 2. The highest BCUT2D eigenvalue weighted by Crippen LogP contribution is 2.15. The molecule has 0 bridgehead atoms. The van der Waals surface area contributed by atoms with Gasteiger partial charge in [-0.25, -0.2) is 9.97 Å². The van der Waals surface area contributed by atoms with E-state index in [-0.39, 0.29) is 0 Å². The van der Waals surface area contributed by atoms with Crippen LogP contribution in [-0.4, -0.2) is 27.6 Å². The minimum atomic E-state index is 0.482. The van der Waals surface area contributed by atoms with E-state index in [4.69, 9.17) is 4.98 Å². The number of aromatic nitrogens is 3. The molecule has 0 aliphatic carbocycles. The summed E-state index contributed by atoms with van der Waals surface area (Å²) in [5.74, 6) is 2.01. The SMILES string of the molecule is Cc1nc(N(C)Cc2nccn2C)ccc1CNC(C)C. The Morgan fingerprint density at radius 3 is 2.67 bits per heavy atom. The van der Waals surface area contributed by atoms with Crippen molar-refractivity contribution in [2.75, 3.05) is 11.9 Å². The molecule has 0 spiro atoms. The first-order chi connectivity index (χ1) is 9.97. The van der Waals surface area contributed by atoms with Gasteiger partial charge in [-0.05, 0) is 18.6 Å². The van der Waals surface area contributed by atoms with E-state index < -0.39 is 0 Å². The summed E-state index contributed by atoms with van der Waals surface area (Å²) in [7, 11) is 4.05. The highest BCUT2D eigenvalue weighted by Gasteiger charge is 2.09. The number of anilines is 1. The molecule has 114 valence electrons. The number of hydrogen-bond acceptors (Lipinski definition) is 4. The van der Waals surface area contributed by atoms with E-state index in [0.29, 0.717) is 6.04 Å². The van der Waals surface area contributed by atoms with E-state index in [2.05, 4.69) is 48.1 Å². The second-order valence-electron chi connectivity index (χ2n) is 5.76. The van der Waals surface area contributed by atoms with Gasteiger partial charge in [0.25, 0.3) is 0 Å². The maximum absolute atomic E-state index is 4.71. The van der Waals surface area contributed by atoms with Crippen LogP contribution < -0.4 is 10.2 Å². The van der Waals surface area contributed by atoms with Crippen LogP contribution in [0.25, 0.3) is 0 Å². The Morgan fingerprint density at radius 2 is 2.10 bits per heavy atom. The van der Waals surface area contributed by atoms with Crippen molar-refractivity contribution in [2.24, 2.45) is 7.05 Å². The van der Waals surface area contributed by atoms with Crippen molar-refractivity contribution in [2.45, 2.75) is 39.9 Å². The van der Waals surface area contributed by atoms with Crippen LogP contribution >= 0.6 is 0 Å². The highest BCUT2D eigenvalue weighted by molar-refractivity contribution is 5.41. The Bertz CT molecular complexity index is 588. The molecule has 0 atom stereocenters. The third-order valence-corrected chi connectivity index (χ3v) is 3.57. The molecule has 2 aromatic rings. The molecule has 0 amide bonds. The molecule has 5 nitrogen and oxygen atoms in total. The predicted molar refractivity (Wildman–Crippen MR) is 86.3 cm³/mol. The molecular weight excluding hydrogens is 262 g/mol. The van der Waals surface area contributed by atoms with Gasteiger partial charge in [-0.2, -0.15) is 0 Å². The number of imidazole rings is 1. The van der Waals surface area contributed by atoms with Crippen molar-refractivity contribution in [3.63, 3.8) is 0 Å². The lowest BCUT2D eigenvalue weighted by molar-refractivity contribution is 0.586. The van der Waals surface area contributed by atoms with E-state index in [1.54, 1.807) is 0 Å². The fourth-order valence-electron chi connectivity index (χ4n) is 2.13. The number of nitrogens with zero attached hydrogens (tertiary/aromatic N) is 4. The van der Waals surface area contributed by atoms with Crippen LogP contribution in [0.15, 0.2) is 24.5 Å². The van der Waals surface area contributed by atoms with Gasteiger partial charge in [0.2, 0.25) is 0 Å². The molecule has 2 rings (SSSR count). The first-order valence-corrected chi connectivity index (χ1v) is 7.34. The summed E-state index contributed by atoms with van der Waals surface area (Å²) >= 11 is 0. The lowest BCUT2D eigenvalue weighted by Gasteiger charge is -2.19. The van der Waals surface area contributed by atoms with Gasteiger partial charge in [0.15, 0.2) is 0 Å². The summed E-state index contributed by atoms with van der Waals surface area (Å²) in [5, 5.41) is 3.43. The smallest absolute Gasteiger partial charge is 0.128 e. The van der Waals surface area contributed by atoms with Gasteiger partial charge in [-0.15, -0.1) is 0 Å². The zero-order chi connectivity index (χ0) is 15.4. The van der Waals surface area contributed by atoms with E-state index >= 15 is 0 Å².